The molecule has 1 aromatic heterocycles. The van der Waals surface area contributed by atoms with Crippen LogP contribution in [0, 0.1) is 0 Å². The van der Waals surface area contributed by atoms with Gasteiger partial charge in [-0.25, -0.2) is 19.6 Å². The lowest BCUT2D eigenvalue weighted by Crippen LogP contribution is -2.54. The number of ether oxygens (including phenoxy) is 1. The second-order valence-electron chi connectivity index (χ2n) is 4.72. The summed E-state index contributed by atoms with van der Waals surface area (Å²) in [5.41, 5.74) is 0. The minimum atomic E-state index is -0.655. The van der Waals surface area contributed by atoms with Crippen molar-refractivity contribution >= 4 is 17.9 Å². The highest BCUT2D eigenvalue weighted by atomic mass is 16.5. The van der Waals surface area contributed by atoms with Crippen LogP contribution in [0.15, 0.2) is 18.5 Å². The maximum absolute atomic E-state index is 12.0. The summed E-state index contributed by atoms with van der Waals surface area (Å²) in [7, 11) is 1.30. The van der Waals surface area contributed by atoms with Gasteiger partial charge in [0.25, 0.3) is 0 Å². The van der Waals surface area contributed by atoms with Crippen molar-refractivity contribution in [2.75, 3.05) is 38.2 Å². The van der Waals surface area contributed by atoms with Crippen LogP contribution in [0.3, 0.4) is 0 Å². The van der Waals surface area contributed by atoms with Crippen LogP contribution in [0.4, 0.5) is 10.7 Å². The summed E-state index contributed by atoms with van der Waals surface area (Å²) >= 11 is 0. The molecule has 0 unspecified atom stereocenters. The van der Waals surface area contributed by atoms with Gasteiger partial charge in [-0.1, -0.05) is 0 Å². The molecule has 2 amide bonds. The topological polar surface area (TPSA) is 87.7 Å². The molecular weight excluding hydrogens is 274 g/mol. The monoisotopic (exact) mass is 293 g/mol. The third-order valence-electron chi connectivity index (χ3n) is 3.30. The van der Waals surface area contributed by atoms with Crippen molar-refractivity contribution in [1.82, 2.24) is 20.2 Å². The van der Waals surface area contributed by atoms with Gasteiger partial charge in [-0.3, -0.25) is 0 Å². The van der Waals surface area contributed by atoms with Crippen LogP contribution in [0.1, 0.15) is 6.92 Å². The van der Waals surface area contributed by atoms with Gasteiger partial charge in [-0.15, -0.1) is 0 Å². The molecular formula is C13H19N5O3. The van der Waals surface area contributed by atoms with Crippen LogP contribution in [-0.2, 0) is 9.53 Å². The Kier molecular flexibility index (Phi) is 4.91. The second-order valence-corrected chi connectivity index (χ2v) is 4.72. The summed E-state index contributed by atoms with van der Waals surface area (Å²) < 4.78 is 4.58. The second kappa shape index (κ2) is 6.87. The largest absolute Gasteiger partial charge is 0.467 e. The first-order valence-electron chi connectivity index (χ1n) is 6.77. The Hall–Kier alpha value is -2.38. The van der Waals surface area contributed by atoms with Gasteiger partial charge in [0, 0.05) is 38.6 Å². The Morgan fingerprint density at radius 3 is 2.43 bits per heavy atom. The average Bonchev–Trinajstić information content (AvgIpc) is 2.55. The number of rotatable bonds is 3. The molecule has 8 nitrogen and oxygen atoms in total. The van der Waals surface area contributed by atoms with Crippen LogP contribution < -0.4 is 10.2 Å². The summed E-state index contributed by atoms with van der Waals surface area (Å²) in [4.78, 5) is 35.4. The molecule has 2 rings (SSSR count). The predicted molar refractivity (Wildman–Crippen MR) is 75.8 cm³/mol. The van der Waals surface area contributed by atoms with E-state index >= 15 is 0 Å². The lowest BCUT2D eigenvalue weighted by molar-refractivity contribution is -0.142. The Morgan fingerprint density at radius 2 is 1.86 bits per heavy atom. The van der Waals surface area contributed by atoms with Crippen LogP contribution in [-0.4, -0.2) is 66.2 Å². The summed E-state index contributed by atoms with van der Waals surface area (Å²) in [5, 5.41) is 2.62. The molecule has 1 saturated heterocycles. The van der Waals surface area contributed by atoms with E-state index in [-0.39, 0.29) is 6.03 Å². The number of anilines is 1. The zero-order chi connectivity index (χ0) is 15.2. The summed E-state index contributed by atoms with van der Waals surface area (Å²) in [5.74, 6) is 0.208. The van der Waals surface area contributed by atoms with Crippen molar-refractivity contribution in [2.24, 2.45) is 0 Å². The van der Waals surface area contributed by atoms with E-state index in [1.54, 1.807) is 30.3 Å². The number of amides is 2. The summed E-state index contributed by atoms with van der Waals surface area (Å²) in [6, 6.07) is 0.848. The van der Waals surface area contributed by atoms with Crippen molar-refractivity contribution in [3.8, 4) is 0 Å². The summed E-state index contributed by atoms with van der Waals surface area (Å²) in [6.07, 6.45) is 3.39. The number of hydrogen-bond donors (Lipinski definition) is 1. The fourth-order valence-electron chi connectivity index (χ4n) is 2.08. The fourth-order valence-corrected chi connectivity index (χ4v) is 2.08. The van der Waals surface area contributed by atoms with Gasteiger partial charge >= 0.3 is 12.0 Å². The molecule has 0 aromatic carbocycles. The first kappa shape index (κ1) is 15.0. The predicted octanol–water partition coefficient (Wildman–Crippen LogP) is -0.130. The highest BCUT2D eigenvalue weighted by Crippen LogP contribution is 2.09. The SMILES string of the molecule is COC(=O)[C@H](C)NC(=O)N1CCN(c2ncccn2)CC1. The number of carbonyl (C=O) groups excluding carboxylic acids is 2. The molecule has 2 heterocycles. The fraction of sp³-hybridized carbons (Fsp3) is 0.538. The first-order valence-corrected chi connectivity index (χ1v) is 6.77. The van der Waals surface area contributed by atoms with Crippen molar-refractivity contribution in [3.63, 3.8) is 0 Å². The number of hydrogen-bond acceptors (Lipinski definition) is 6. The zero-order valence-corrected chi connectivity index (χ0v) is 12.2. The number of esters is 1. The van der Waals surface area contributed by atoms with E-state index in [0.717, 1.165) is 0 Å². The number of piperazine rings is 1. The molecule has 0 aliphatic carbocycles. The van der Waals surface area contributed by atoms with E-state index in [0.29, 0.717) is 32.1 Å². The van der Waals surface area contributed by atoms with Crippen molar-refractivity contribution in [1.29, 1.82) is 0 Å². The Labute approximate surface area is 123 Å². The van der Waals surface area contributed by atoms with Crippen LogP contribution in [0.25, 0.3) is 0 Å². The number of methoxy groups -OCH3 is 1. The van der Waals surface area contributed by atoms with Crippen LogP contribution >= 0.6 is 0 Å². The molecule has 0 bridgehead atoms. The molecule has 8 heteroatoms. The number of aromatic nitrogens is 2. The number of carbonyl (C=O) groups is 2. The minimum Gasteiger partial charge on any atom is -0.467 e. The molecule has 0 spiro atoms. The maximum atomic E-state index is 12.0. The standard InChI is InChI=1S/C13H19N5O3/c1-10(11(19)21-2)16-13(20)18-8-6-17(7-9-18)12-14-4-3-5-15-12/h3-5,10H,6-9H2,1-2H3,(H,16,20)/t10-/m0/s1. The molecule has 1 fully saturated rings. The number of nitrogens with zero attached hydrogens (tertiary/aromatic N) is 4. The van der Waals surface area contributed by atoms with Gasteiger partial charge in [-0.2, -0.15) is 0 Å². The van der Waals surface area contributed by atoms with E-state index in [4.69, 9.17) is 0 Å². The van der Waals surface area contributed by atoms with Gasteiger partial charge in [0.15, 0.2) is 0 Å². The summed E-state index contributed by atoms with van der Waals surface area (Å²) in [6.45, 7) is 4.02. The smallest absolute Gasteiger partial charge is 0.328 e. The molecule has 1 N–H and O–H groups in total. The average molecular weight is 293 g/mol. The van der Waals surface area contributed by atoms with E-state index in [1.807, 2.05) is 4.90 Å². The Bertz CT molecular complexity index is 488. The molecule has 1 atom stereocenters. The van der Waals surface area contributed by atoms with E-state index in [9.17, 15) is 9.59 Å². The molecule has 1 aliphatic rings. The number of urea groups is 1. The zero-order valence-electron chi connectivity index (χ0n) is 12.2. The minimum absolute atomic E-state index is 0.262. The quantitative estimate of drug-likeness (QED) is 0.781. The van der Waals surface area contributed by atoms with Crippen molar-refractivity contribution in [2.45, 2.75) is 13.0 Å². The van der Waals surface area contributed by atoms with Crippen LogP contribution in [0.2, 0.25) is 0 Å². The van der Waals surface area contributed by atoms with E-state index in [1.165, 1.54) is 7.11 Å². The highest BCUT2D eigenvalue weighted by molar-refractivity contribution is 5.83. The highest BCUT2D eigenvalue weighted by Gasteiger charge is 2.24. The normalized spacial score (nSPS) is 16.3. The third kappa shape index (κ3) is 3.80. The van der Waals surface area contributed by atoms with Gasteiger partial charge in [-0.05, 0) is 13.0 Å². The van der Waals surface area contributed by atoms with Gasteiger partial charge < -0.3 is 19.9 Å². The molecule has 0 radical (unpaired) electrons. The lowest BCUT2D eigenvalue weighted by atomic mass is 10.3. The molecule has 114 valence electrons. The van der Waals surface area contributed by atoms with Gasteiger partial charge in [0.2, 0.25) is 5.95 Å². The van der Waals surface area contributed by atoms with Gasteiger partial charge in [0.1, 0.15) is 6.04 Å². The lowest BCUT2D eigenvalue weighted by Gasteiger charge is -2.35. The van der Waals surface area contributed by atoms with Crippen molar-refractivity contribution in [3.05, 3.63) is 18.5 Å². The first-order chi connectivity index (χ1) is 10.1. The van der Waals surface area contributed by atoms with Crippen molar-refractivity contribution < 1.29 is 14.3 Å². The molecule has 1 aromatic rings. The molecule has 21 heavy (non-hydrogen) atoms. The van der Waals surface area contributed by atoms with Gasteiger partial charge in [0.05, 0.1) is 7.11 Å². The van der Waals surface area contributed by atoms with Crippen LogP contribution in [0.5, 0.6) is 0 Å². The van der Waals surface area contributed by atoms with E-state index in [2.05, 4.69) is 20.0 Å². The molecule has 1 aliphatic heterocycles. The number of nitrogens with one attached hydrogen (secondary N) is 1. The maximum Gasteiger partial charge on any atom is 0.328 e. The van der Waals surface area contributed by atoms with E-state index < -0.39 is 12.0 Å². The third-order valence-corrected chi connectivity index (χ3v) is 3.30. The Morgan fingerprint density at radius 1 is 1.24 bits per heavy atom. The Balaban J connectivity index is 1.83. The molecule has 0 saturated carbocycles.